The molecule has 1 aromatic heterocycles. The van der Waals surface area contributed by atoms with E-state index in [4.69, 9.17) is 18.9 Å². The van der Waals surface area contributed by atoms with Crippen LogP contribution >= 0.6 is 0 Å². The van der Waals surface area contributed by atoms with Gasteiger partial charge in [0.1, 0.15) is 35.6 Å². The first-order chi connectivity index (χ1) is 16.1. The molecule has 0 aliphatic rings. The van der Waals surface area contributed by atoms with Gasteiger partial charge in [-0.25, -0.2) is 0 Å². The first-order valence-electron chi connectivity index (χ1n) is 9.69. The maximum Gasteiger partial charge on any atom is 0.331 e. The number of benzene rings is 3. The Morgan fingerprint density at radius 3 is 1.12 bits per heavy atom. The molecule has 1 heterocycles. The Balaban J connectivity index is 1.62. The van der Waals surface area contributed by atoms with Crippen molar-refractivity contribution >= 4 is 12.6 Å². The summed E-state index contributed by atoms with van der Waals surface area (Å²) in [5.74, 6) is 1.94. The zero-order chi connectivity index (χ0) is 23.0. The van der Waals surface area contributed by atoms with Gasteiger partial charge in [0.05, 0.1) is 7.11 Å². The molecular weight excluding hydrogens is 426 g/mol. The van der Waals surface area contributed by atoms with Crippen molar-refractivity contribution in [2.75, 3.05) is 7.11 Å². The minimum absolute atomic E-state index is 0.0609. The van der Waals surface area contributed by atoms with E-state index in [1.165, 1.54) is 0 Å². The zero-order valence-electron chi connectivity index (χ0n) is 17.4. The van der Waals surface area contributed by atoms with E-state index < -0.39 is 0 Å². The van der Waals surface area contributed by atoms with Gasteiger partial charge in [-0.05, 0) is 72.8 Å². The highest BCUT2D eigenvalue weighted by Crippen LogP contribution is 2.27. The van der Waals surface area contributed by atoms with Crippen molar-refractivity contribution in [3.05, 3.63) is 83.9 Å². The van der Waals surface area contributed by atoms with Crippen LogP contribution in [0.25, 0.3) is 0 Å². The monoisotopic (exact) mass is 443 g/mol. The summed E-state index contributed by atoms with van der Waals surface area (Å²) in [6, 6.07) is 19.5. The van der Waals surface area contributed by atoms with Crippen molar-refractivity contribution < 1.29 is 28.5 Å². The van der Waals surface area contributed by atoms with Crippen LogP contribution in [0.5, 0.6) is 41.0 Å². The predicted octanol–water partition coefficient (Wildman–Crippen LogP) is 4.88. The molecular formula is C24H17N3O6. The van der Waals surface area contributed by atoms with Crippen LogP contribution < -0.4 is 18.9 Å². The van der Waals surface area contributed by atoms with Crippen molar-refractivity contribution in [3.63, 3.8) is 0 Å². The topological polar surface area (TPSA) is 110 Å². The number of aromatic nitrogens is 3. The van der Waals surface area contributed by atoms with Crippen molar-refractivity contribution in [2.24, 2.45) is 0 Å². The lowest BCUT2D eigenvalue weighted by molar-refractivity contribution is 0.111. The Morgan fingerprint density at radius 2 is 0.818 bits per heavy atom. The Morgan fingerprint density at radius 1 is 0.515 bits per heavy atom. The third-order valence-corrected chi connectivity index (χ3v) is 4.29. The molecule has 0 saturated heterocycles. The molecule has 0 fully saturated rings. The summed E-state index contributed by atoms with van der Waals surface area (Å²) < 4.78 is 22.3. The van der Waals surface area contributed by atoms with Gasteiger partial charge in [0.2, 0.25) is 0 Å². The first-order valence-corrected chi connectivity index (χ1v) is 9.69. The number of nitrogens with zero attached hydrogens (tertiary/aromatic N) is 3. The highest BCUT2D eigenvalue weighted by Gasteiger charge is 2.13. The smallest absolute Gasteiger partial charge is 0.331 e. The van der Waals surface area contributed by atoms with Gasteiger partial charge in [0, 0.05) is 11.1 Å². The van der Waals surface area contributed by atoms with Crippen molar-refractivity contribution in [1.29, 1.82) is 0 Å². The zero-order valence-corrected chi connectivity index (χ0v) is 17.4. The predicted molar refractivity (Wildman–Crippen MR) is 117 cm³/mol. The van der Waals surface area contributed by atoms with Crippen LogP contribution in [0, 0.1) is 0 Å². The van der Waals surface area contributed by atoms with E-state index in [2.05, 4.69) is 15.0 Å². The summed E-state index contributed by atoms with van der Waals surface area (Å²) in [6.45, 7) is 0. The highest BCUT2D eigenvalue weighted by atomic mass is 16.5. The maximum atomic E-state index is 10.9. The average Bonchev–Trinajstić information content (AvgIpc) is 2.85. The fraction of sp³-hybridized carbons (Fsp3) is 0.0417. The average molecular weight is 443 g/mol. The summed E-state index contributed by atoms with van der Waals surface area (Å²) in [6.07, 6.45) is 1.46. The molecule has 0 atom stereocenters. The van der Waals surface area contributed by atoms with Crippen LogP contribution in [0.2, 0.25) is 0 Å². The van der Waals surface area contributed by atoms with E-state index in [-0.39, 0.29) is 18.0 Å². The minimum Gasteiger partial charge on any atom is -0.497 e. The van der Waals surface area contributed by atoms with Gasteiger partial charge in [-0.1, -0.05) is 0 Å². The van der Waals surface area contributed by atoms with Gasteiger partial charge >= 0.3 is 18.0 Å². The minimum atomic E-state index is -0.0770. The molecule has 0 aliphatic carbocycles. The second kappa shape index (κ2) is 10.0. The van der Waals surface area contributed by atoms with Crippen LogP contribution in [0.4, 0.5) is 0 Å². The summed E-state index contributed by atoms with van der Waals surface area (Å²) >= 11 is 0. The number of hydrogen-bond donors (Lipinski definition) is 0. The van der Waals surface area contributed by atoms with E-state index in [9.17, 15) is 9.59 Å². The van der Waals surface area contributed by atoms with Crippen molar-refractivity contribution in [1.82, 2.24) is 15.0 Å². The lowest BCUT2D eigenvalue weighted by atomic mass is 10.2. The lowest BCUT2D eigenvalue weighted by Crippen LogP contribution is -2.01. The maximum absolute atomic E-state index is 10.9. The Labute approximate surface area is 188 Å². The first kappa shape index (κ1) is 21.4. The second-order valence-corrected chi connectivity index (χ2v) is 6.54. The van der Waals surface area contributed by atoms with Crippen LogP contribution in [-0.4, -0.2) is 34.6 Å². The number of carbonyl (C=O) groups excluding carboxylic acids is 2. The molecule has 0 unspecified atom stereocenters. The molecule has 4 aromatic rings. The highest BCUT2D eigenvalue weighted by molar-refractivity contribution is 5.75. The van der Waals surface area contributed by atoms with Gasteiger partial charge in [0.25, 0.3) is 0 Å². The molecule has 9 heteroatoms. The van der Waals surface area contributed by atoms with Gasteiger partial charge in [-0.3, -0.25) is 9.59 Å². The molecule has 3 aromatic carbocycles. The van der Waals surface area contributed by atoms with Gasteiger partial charge in [-0.2, -0.15) is 0 Å². The molecule has 164 valence electrons. The van der Waals surface area contributed by atoms with Crippen molar-refractivity contribution in [3.8, 4) is 41.0 Å². The van der Waals surface area contributed by atoms with E-state index >= 15 is 0 Å². The third kappa shape index (κ3) is 5.67. The SMILES string of the molecule is COc1ccc(Oc2nc(Oc3ccc(C=O)cc3)nc(Oc3ccc(C=O)cc3)n2)cc1. The van der Waals surface area contributed by atoms with E-state index in [0.717, 1.165) is 12.6 Å². The van der Waals surface area contributed by atoms with Crippen LogP contribution in [0.1, 0.15) is 20.7 Å². The standard InChI is InChI=1S/C24H17N3O6/c1-30-18-10-12-21(13-11-18)33-24-26-22(31-19-6-2-16(14-28)3-7-19)25-23(27-24)32-20-8-4-17(15-29)5-9-20/h2-15H,1H3. The Bertz CT molecular complexity index is 1170. The largest absolute Gasteiger partial charge is 0.497 e. The van der Waals surface area contributed by atoms with Crippen LogP contribution in [0.3, 0.4) is 0 Å². The summed E-state index contributed by atoms with van der Waals surface area (Å²) in [5.41, 5.74) is 1.01. The Kier molecular flexibility index (Phi) is 6.51. The number of carbonyl (C=O) groups is 2. The lowest BCUT2D eigenvalue weighted by Gasteiger charge is -2.10. The molecule has 9 nitrogen and oxygen atoms in total. The molecule has 0 N–H and O–H groups in total. The number of ether oxygens (including phenoxy) is 4. The fourth-order valence-corrected chi connectivity index (χ4v) is 2.65. The van der Waals surface area contributed by atoms with E-state index in [1.807, 2.05) is 0 Å². The van der Waals surface area contributed by atoms with Crippen LogP contribution in [-0.2, 0) is 0 Å². The number of hydrogen-bond acceptors (Lipinski definition) is 9. The quantitative estimate of drug-likeness (QED) is 0.334. The number of aldehydes is 2. The number of rotatable bonds is 9. The van der Waals surface area contributed by atoms with Gasteiger partial charge in [-0.15, -0.1) is 15.0 Å². The number of methoxy groups -OCH3 is 1. The molecule has 0 bridgehead atoms. The summed E-state index contributed by atoms with van der Waals surface area (Å²) in [4.78, 5) is 34.3. The normalized spacial score (nSPS) is 10.2. The third-order valence-electron chi connectivity index (χ3n) is 4.29. The molecule has 4 rings (SSSR count). The van der Waals surface area contributed by atoms with E-state index in [0.29, 0.717) is 34.1 Å². The molecule has 0 radical (unpaired) electrons. The van der Waals surface area contributed by atoms with Crippen LogP contribution in [0.15, 0.2) is 72.8 Å². The van der Waals surface area contributed by atoms with Crippen molar-refractivity contribution in [2.45, 2.75) is 0 Å². The Hall–Kier alpha value is -4.79. The van der Waals surface area contributed by atoms with Gasteiger partial charge in [0.15, 0.2) is 0 Å². The van der Waals surface area contributed by atoms with E-state index in [1.54, 1.807) is 79.9 Å². The fourth-order valence-electron chi connectivity index (χ4n) is 2.65. The van der Waals surface area contributed by atoms with Gasteiger partial charge < -0.3 is 18.9 Å². The molecule has 0 amide bonds. The summed E-state index contributed by atoms with van der Waals surface area (Å²) in [5, 5.41) is 0. The molecule has 33 heavy (non-hydrogen) atoms. The molecule has 0 saturated carbocycles. The summed E-state index contributed by atoms with van der Waals surface area (Å²) in [7, 11) is 1.57. The second-order valence-electron chi connectivity index (χ2n) is 6.54. The molecule has 0 spiro atoms. The molecule has 0 aliphatic heterocycles.